The molecule has 0 radical (unpaired) electrons. The molecular formula is C13H17BrN4. The van der Waals surface area contributed by atoms with Gasteiger partial charge in [-0.2, -0.15) is 5.10 Å². The Bertz CT molecular complexity index is 575. The number of pyridine rings is 1. The van der Waals surface area contributed by atoms with Gasteiger partial charge in [0.2, 0.25) is 0 Å². The number of aryl methyl sites for hydroxylation is 3. The van der Waals surface area contributed by atoms with E-state index in [0.29, 0.717) is 0 Å². The summed E-state index contributed by atoms with van der Waals surface area (Å²) in [6.07, 6.45) is 1.86. The van der Waals surface area contributed by atoms with Crippen LogP contribution in [0.25, 0.3) is 0 Å². The fourth-order valence-corrected chi connectivity index (χ4v) is 2.51. The molecule has 0 saturated heterocycles. The highest BCUT2D eigenvalue weighted by atomic mass is 79.9. The van der Waals surface area contributed by atoms with Crippen LogP contribution in [0.15, 0.2) is 16.7 Å². The summed E-state index contributed by atoms with van der Waals surface area (Å²) >= 11 is 3.52. The molecule has 0 aromatic carbocycles. The van der Waals surface area contributed by atoms with E-state index in [1.807, 2.05) is 31.8 Å². The predicted octanol–water partition coefficient (Wildman–Crippen LogP) is 3.11. The lowest BCUT2D eigenvalue weighted by Crippen LogP contribution is -2.04. The third-order valence-corrected chi connectivity index (χ3v) is 3.67. The zero-order valence-electron chi connectivity index (χ0n) is 11.1. The monoisotopic (exact) mass is 308 g/mol. The van der Waals surface area contributed by atoms with Crippen LogP contribution in [0.3, 0.4) is 0 Å². The highest BCUT2D eigenvalue weighted by Gasteiger charge is 2.10. The van der Waals surface area contributed by atoms with Gasteiger partial charge in [0.15, 0.2) is 0 Å². The lowest BCUT2D eigenvalue weighted by Gasteiger charge is -2.08. The Morgan fingerprint density at radius 2 is 2.06 bits per heavy atom. The van der Waals surface area contributed by atoms with E-state index in [2.05, 4.69) is 44.3 Å². The number of aromatic nitrogens is 3. The van der Waals surface area contributed by atoms with Crippen molar-refractivity contribution in [1.82, 2.24) is 14.8 Å². The average Bonchev–Trinajstić information content (AvgIpc) is 2.53. The molecule has 0 atom stereocenters. The van der Waals surface area contributed by atoms with E-state index in [1.165, 1.54) is 11.3 Å². The van der Waals surface area contributed by atoms with Gasteiger partial charge in [0.05, 0.1) is 10.2 Å². The van der Waals surface area contributed by atoms with E-state index in [9.17, 15) is 0 Å². The Morgan fingerprint density at radius 1 is 1.33 bits per heavy atom. The number of hydrogen-bond donors (Lipinski definition) is 1. The Morgan fingerprint density at radius 3 is 2.61 bits per heavy atom. The second kappa shape index (κ2) is 5.10. The molecule has 0 aliphatic rings. The fraction of sp³-hybridized carbons (Fsp3) is 0.385. The highest BCUT2D eigenvalue weighted by Crippen LogP contribution is 2.22. The standard InChI is InChI=1S/C13H17BrN4/c1-8-5-12(14)13(15-6-8)16-7-11-9(2)17-18(4)10(11)3/h5-6H,7H2,1-4H3,(H,15,16). The van der Waals surface area contributed by atoms with Crippen LogP contribution >= 0.6 is 15.9 Å². The van der Waals surface area contributed by atoms with Gasteiger partial charge < -0.3 is 5.32 Å². The molecule has 0 saturated carbocycles. The minimum atomic E-state index is 0.736. The normalized spacial score (nSPS) is 10.7. The SMILES string of the molecule is Cc1cnc(NCc2c(C)nn(C)c2C)c(Br)c1. The molecule has 1 N–H and O–H groups in total. The summed E-state index contributed by atoms with van der Waals surface area (Å²) in [5, 5.41) is 7.74. The van der Waals surface area contributed by atoms with E-state index in [1.54, 1.807) is 0 Å². The van der Waals surface area contributed by atoms with Crippen molar-refractivity contribution in [3.63, 3.8) is 0 Å². The topological polar surface area (TPSA) is 42.7 Å². The molecule has 0 spiro atoms. The van der Waals surface area contributed by atoms with Crippen LogP contribution in [0.4, 0.5) is 5.82 Å². The van der Waals surface area contributed by atoms with Gasteiger partial charge in [0, 0.05) is 31.0 Å². The molecule has 5 heteroatoms. The lowest BCUT2D eigenvalue weighted by molar-refractivity contribution is 0.730. The van der Waals surface area contributed by atoms with Crippen LogP contribution < -0.4 is 5.32 Å². The predicted molar refractivity (Wildman–Crippen MR) is 76.7 cm³/mol. The molecule has 2 rings (SSSR count). The molecule has 2 heterocycles. The first-order valence-corrected chi connectivity index (χ1v) is 6.63. The van der Waals surface area contributed by atoms with Crippen LogP contribution in [0.1, 0.15) is 22.5 Å². The fourth-order valence-electron chi connectivity index (χ4n) is 1.91. The quantitative estimate of drug-likeness (QED) is 0.947. The van der Waals surface area contributed by atoms with Crippen LogP contribution in [0, 0.1) is 20.8 Å². The maximum atomic E-state index is 4.40. The molecule has 2 aromatic heterocycles. The van der Waals surface area contributed by atoms with Crippen molar-refractivity contribution in [3.8, 4) is 0 Å². The number of nitrogens with zero attached hydrogens (tertiary/aromatic N) is 3. The Balaban J connectivity index is 2.16. The van der Waals surface area contributed by atoms with Gasteiger partial charge in [0.25, 0.3) is 0 Å². The molecule has 0 amide bonds. The van der Waals surface area contributed by atoms with Crippen LogP contribution in [0.2, 0.25) is 0 Å². The summed E-state index contributed by atoms with van der Waals surface area (Å²) in [4.78, 5) is 4.37. The first-order valence-electron chi connectivity index (χ1n) is 5.84. The molecule has 0 aliphatic carbocycles. The van der Waals surface area contributed by atoms with Crippen molar-refractivity contribution in [3.05, 3.63) is 39.3 Å². The molecule has 2 aromatic rings. The van der Waals surface area contributed by atoms with Crippen molar-refractivity contribution < 1.29 is 0 Å². The van der Waals surface area contributed by atoms with E-state index in [4.69, 9.17) is 0 Å². The molecule has 0 fully saturated rings. The molecule has 18 heavy (non-hydrogen) atoms. The van der Waals surface area contributed by atoms with E-state index in [0.717, 1.165) is 28.1 Å². The minimum absolute atomic E-state index is 0.736. The third-order valence-electron chi connectivity index (χ3n) is 3.07. The first-order chi connectivity index (χ1) is 8.49. The van der Waals surface area contributed by atoms with E-state index < -0.39 is 0 Å². The van der Waals surface area contributed by atoms with Gasteiger partial charge >= 0.3 is 0 Å². The number of hydrogen-bond acceptors (Lipinski definition) is 3. The largest absolute Gasteiger partial charge is 0.365 e. The maximum absolute atomic E-state index is 4.40. The highest BCUT2D eigenvalue weighted by molar-refractivity contribution is 9.10. The number of anilines is 1. The molecule has 0 aliphatic heterocycles. The molecule has 0 bridgehead atoms. The molecule has 0 unspecified atom stereocenters. The van der Waals surface area contributed by atoms with Gasteiger partial charge in [0.1, 0.15) is 5.82 Å². The maximum Gasteiger partial charge on any atom is 0.140 e. The molecule has 4 nitrogen and oxygen atoms in total. The smallest absolute Gasteiger partial charge is 0.140 e. The third kappa shape index (κ3) is 2.56. The van der Waals surface area contributed by atoms with Crippen molar-refractivity contribution in [1.29, 1.82) is 0 Å². The lowest BCUT2D eigenvalue weighted by atomic mass is 10.2. The van der Waals surface area contributed by atoms with Crippen molar-refractivity contribution in [2.45, 2.75) is 27.3 Å². The van der Waals surface area contributed by atoms with Gasteiger partial charge in [-0.15, -0.1) is 0 Å². The van der Waals surface area contributed by atoms with Crippen molar-refractivity contribution >= 4 is 21.7 Å². The summed E-state index contributed by atoms with van der Waals surface area (Å²) in [7, 11) is 1.96. The van der Waals surface area contributed by atoms with Crippen LogP contribution in [-0.2, 0) is 13.6 Å². The number of halogens is 1. The van der Waals surface area contributed by atoms with Gasteiger partial charge in [-0.1, -0.05) is 0 Å². The summed E-state index contributed by atoms with van der Waals surface area (Å²) in [5.74, 6) is 0.864. The summed E-state index contributed by atoms with van der Waals surface area (Å²) < 4.78 is 2.89. The Kier molecular flexibility index (Phi) is 3.71. The van der Waals surface area contributed by atoms with Crippen molar-refractivity contribution in [2.75, 3.05) is 5.32 Å². The van der Waals surface area contributed by atoms with Crippen LogP contribution in [-0.4, -0.2) is 14.8 Å². The summed E-state index contributed by atoms with van der Waals surface area (Å²) in [6.45, 7) is 6.87. The Labute approximate surface area is 116 Å². The molecular weight excluding hydrogens is 292 g/mol. The van der Waals surface area contributed by atoms with Gasteiger partial charge in [-0.3, -0.25) is 4.68 Å². The number of rotatable bonds is 3. The minimum Gasteiger partial charge on any atom is -0.365 e. The number of nitrogens with one attached hydrogen (secondary N) is 1. The van der Waals surface area contributed by atoms with Gasteiger partial charge in [-0.25, -0.2) is 4.98 Å². The molecule has 96 valence electrons. The Hall–Kier alpha value is -1.36. The zero-order valence-corrected chi connectivity index (χ0v) is 12.7. The second-order valence-electron chi connectivity index (χ2n) is 4.47. The first kappa shape index (κ1) is 13.1. The van der Waals surface area contributed by atoms with E-state index >= 15 is 0 Å². The van der Waals surface area contributed by atoms with Crippen molar-refractivity contribution in [2.24, 2.45) is 7.05 Å². The van der Waals surface area contributed by atoms with Gasteiger partial charge in [-0.05, 0) is 48.3 Å². The average molecular weight is 309 g/mol. The second-order valence-corrected chi connectivity index (χ2v) is 5.32. The summed E-state index contributed by atoms with van der Waals surface area (Å²) in [6, 6.07) is 2.05. The van der Waals surface area contributed by atoms with E-state index in [-0.39, 0.29) is 0 Å². The summed E-state index contributed by atoms with van der Waals surface area (Å²) in [5.41, 5.74) is 4.61. The zero-order chi connectivity index (χ0) is 13.3. The van der Waals surface area contributed by atoms with Crippen LogP contribution in [0.5, 0.6) is 0 Å².